The SMILES string of the molecule is CC1(C)c2cc3c(cc2-c2ccc4ccccc4c21)-c1ccccc1C3. The van der Waals surface area contributed by atoms with E-state index in [9.17, 15) is 0 Å². The molecule has 0 saturated carbocycles. The van der Waals surface area contributed by atoms with Crippen LogP contribution in [0.25, 0.3) is 33.0 Å². The molecule has 124 valence electrons. The van der Waals surface area contributed by atoms with E-state index in [1.807, 2.05) is 0 Å². The van der Waals surface area contributed by atoms with Crippen LogP contribution in [0.3, 0.4) is 0 Å². The number of rotatable bonds is 0. The molecule has 0 fully saturated rings. The fourth-order valence-corrected chi connectivity index (χ4v) is 5.23. The normalized spacial score (nSPS) is 15.5. The Morgan fingerprint density at radius 2 is 1.46 bits per heavy atom. The van der Waals surface area contributed by atoms with Crippen molar-refractivity contribution in [3.05, 3.63) is 95.1 Å². The molecule has 26 heavy (non-hydrogen) atoms. The van der Waals surface area contributed by atoms with Gasteiger partial charge in [-0.15, -0.1) is 0 Å². The largest absolute Gasteiger partial charge is 0.0619 e. The van der Waals surface area contributed by atoms with Crippen LogP contribution in [0.4, 0.5) is 0 Å². The van der Waals surface area contributed by atoms with Crippen LogP contribution in [0, 0.1) is 0 Å². The molecule has 2 aliphatic rings. The molecule has 4 aromatic carbocycles. The summed E-state index contributed by atoms with van der Waals surface area (Å²) in [6.07, 6.45) is 1.06. The van der Waals surface area contributed by atoms with E-state index in [-0.39, 0.29) is 5.41 Å². The summed E-state index contributed by atoms with van der Waals surface area (Å²) in [6, 6.07) is 27.2. The summed E-state index contributed by atoms with van der Waals surface area (Å²) in [5.41, 5.74) is 11.6. The molecule has 0 aromatic heterocycles. The Balaban J connectivity index is 1.70. The molecule has 2 aliphatic carbocycles. The van der Waals surface area contributed by atoms with Gasteiger partial charge in [-0.3, -0.25) is 0 Å². The first-order valence-corrected chi connectivity index (χ1v) is 9.43. The number of hydrogen-bond donors (Lipinski definition) is 0. The highest BCUT2D eigenvalue weighted by Gasteiger charge is 2.38. The third-order valence-electron chi connectivity index (χ3n) is 6.45. The van der Waals surface area contributed by atoms with E-state index in [0.29, 0.717) is 0 Å². The predicted octanol–water partition coefficient (Wildman–Crippen LogP) is 6.72. The van der Waals surface area contributed by atoms with Crippen molar-refractivity contribution in [3.63, 3.8) is 0 Å². The molecule has 0 atom stereocenters. The maximum atomic E-state index is 2.49. The van der Waals surface area contributed by atoms with Crippen molar-refractivity contribution in [2.45, 2.75) is 25.7 Å². The van der Waals surface area contributed by atoms with Gasteiger partial charge >= 0.3 is 0 Å². The van der Waals surface area contributed by atoms with Gasteiger partial charge in [0.25, 0.3) is 0 Å². The summed E-state index contributed by atoms with van der Waals surface area (Å²) in [5, 5.41) is 2.73. The molecule has 6 rings (SSSR count). The lowest BCUT2D eigenvalue weighted by Gasteiger charge is -2.23. The van der Waals surface area contributed by atoms with E-state index in [4.69, 9.17) is 0 Å². The Morgan fingerprint density at radius 3 is 2.38 bits per heavy atom. The van der Waals surface area contributed by atoms with Crippen molar-refractivity contribution < 1.29 is 0 Å². The first-order valence-electron chi connectivity index (χ1n) is 9.43. The van der Waals surface area contributed by atoms with Gasteiger partial charge in [-0.05, 0) is 67.8 Å². The summed E-state index contributed by atoms with van der Waals surface area (Å²) in [4.78, 5) is 0. The van der Waals surface area contributed by atoms with Crippen LogP contribution in [0.15, 0.2) is 72.8 Å². The molecule has 4 aromatic rings. The van der Waals surface area contributed by atoms with Gasteiger partial charge in [0.15, 0.2) is 0 Å². The van der Waals surface area contributed by atoms with Gasteiger partial charge in [0, 0.05) is 5.41 Å². The standard InChI is InChI=1S/C26H20/c1-26(2)24-14-18-13-17-8-4-5-9-19(17)22(18)15-23(24)21-12-11-16-7-3-6-10-20(16)25(21)26/h3-12,14-15H,13H2,1-2H3. The zero-order valence-corrected chi connectivity index (χ0v) is 15.1. The minimum absolute atomic E-state index is 0.0370. The molecule has 0 heteroatoms. The summed E-state index contributed by atoms with van der Waals surface area (Å²) in [6.45, 7) is 4.77. The Hall–Kier alpha value is -2.86. The highest BCUT2D eigenvalue weighted by molar-refractivity contribution is 5.98. The van der Waals surface area contributed by atoms with E-state index < -0.39 is 0 Å². The van der Waals surface area contributed by atoms with Crippen molar-refractivity contribution in [2.75, 3.05) is 0 Å². The van der Waals surface area contributed by atoms with E-state index in [0.717, 1.165) is 6.42 Å². The van der Waals surface area contributed by atoms with E-state index >= 15 is 0 Å². The van der Waals surface area contributed by atoms with Crippen LogP contribution in [-0.4, -0.2) is 0 Å². The zero-order valence-electron chi connectivity index (χ0n) is 15.1. The Morgan fingerprint density at radius 1 is 0.654 bits per heavy atom. The van der Waals surface area contributed by atoms with Gasteiger partial charge in [-0.2, -0.15) is 0 Å². The maximum absolute atomic E-state index is 2.49. The summed E-state index contributed by atoms with van der Waals surface area (Å²) < 4.78 is 0. The fraction of sp³-hybridized carbons (Fsp3) is 0.154. The monoisotopic (exact) mass is 332 g/mol. The average Bonchev–Trinajstić information content (AvgIpc) is 3.13. The topological polar surface area (TPSA) is 0 Å². The van der Waals surface area contributed by atoms with Crippen molar-refractivity contribution in [1.29, 1.82) is 0 Å². The van der Waals surface area contributed by atoms with Crippen molar-refractivity contribution in [1.82, 2.24) is 0 Å². The smallest absolute Gasteiger partial charge is 0.0165 e. The van der Waals surface area contributed by atoms with Crippen molar-refractivity contribution >= 4 is 10.8 Å². The number of hydrogen-bond acceptors (Lipinski definition) is 0. The van der Waals surface area contributed by atoms with Crippen molar-refractivity contribution in [3.8, 4) is 22.3 Å². The molecular weight excluding hydrogens is 312 g/mol. The minimum atomic E-state index is 0.0370. The van der Waals surface area contributed by atoms with E-state index in [2.05, 4.69) is 86.6 Å². The summed E-state index contributed by atoms with van der Waals surface area (Å²) in [5.74, 6) is 0. The maximum Gasteiger partial charge on any atom is 0.0165 e. The molecule has 0 unspecified atom stereocenters. The molecule has 0 radical (unpaired) electrons. The molecule has 0 bridgehead atoms. The molecule has 0 spiro atoms. The zero-order chi connectivity index (χ0) is 17.5. The van der Waals surface area contributed by atoms with Crippen LogP contribution in [0.1, 0.15) is 36.1 Å². The lowest BCUT2D eigenvalue weighted by molar-refractivity contribution is 0.665. The number of fused-ring (bicyclic) bond motifs is 8. The third kappa shape index (κ3) is 1.65. The molecular formula is C26H20. The Labute approximate surface area is 154 Å². The lowest BCUT2D eigenvalue weighted by atomic mass is 9.79. The lowest BCUT2D eigenvalue weighted by Crippen LogP contribution is -2.15. The van der Waals surface area contributed by atoms with Crippen LogP contribution < -0.4 is 0 Å². The van der Waals surface area contributed by atoms with Gasteiger partial charge in [0.1, 0.15) is 0 Å². The summed E-state index contributed by atoms with van der Waals surface area (Å²) >= 11 is 0. The van der Waals surface area contributed by atoms with Gasteiger partial charge in [-0.25, -0.2) is 0 Å². The van der Waals surface area contributed by atoms with E-state index in [1.165, 1.54) is 55.3 Å². The number of benzene rings is 4. The second-order valence-corrected chi connectivity index (χ2v) is 8.22. The predicted molar refractivity (Wildman–Crippen MR) is 110 cm³/mol. The highest BCUT2D eigenvalue weighted by Crippen LogP contribution is 2.53. The second-order valence-electron chi connectivity index (χ2n) is 8.22. The van der Waals surface area contributed by atoms with Crippen molar-refractivity contribution in [2.24, 2.45) is 0 Å². The second kappa shape index (κ2) is 4.65. The summed E-state index contributed by atoms with van der Waals surface area (Å²) in [7, 11) is 0. The molecule has 0 saturated heterocycles. The quantitative estimate of drug-likeness (QED) is 0.295. The Bertz CT molecular complexity index is 1220. The average molecular weight is 332 g/mol. The molecule has 0 N–H and O–H groups in total. The highest BCUT2D eigenvalue weighted by atomic mass is 14.4. The van der Waals surface area contributed by atoms with Gasteiger partial charge in [0.05, 0.1) is 0 Å². The van der Waals surface area contributed by atoms with Crippen LogP contribution in [0.5, 0.6) is 0 Å². The van der Waals surface area contributed by atoms with Gasteiger partial charge in [0.2, 0.25) is 0 Å². The van der Waals surface area contributed by atoms with Crippen LogP contribution >= 0.6 is 0 Å². The molecule has 0 nitrogen and oxygen atoms in total. The molecule has 0 heterocycles. The van der Waals surface area contributed by atoms with Crippen LogP contribution in [-0.2, 0) is 11.8 Å². The van der Waals surface area contributed by atoms with E-state index in [1.54, 1.807) is 0 Å². The first kappa shape index (κ1) is 14.3. The minimum Gasteiger partial charge on any atom is -0.0619 e. The molecule has 0 amide bonds. The molecule has 0 aliphatic heterocycles. The Kier molecular flexibility index (Phi) is 2.56. The van der Waals surface area contributed by atoms with Gasteiger partial charge in [-0.1, -0.05) is 80.6 Å². The van der Waals surface area contributed by atoms with Crippen LogP contribution in [0.2, 0.25) is 0 Å². The third-order valence-corrected chi connectivity index (χ3v) is 6.45. The van der Waals surface area contributed by atoms with Gasteiger partial charge < -0.3 is 0 Å². The fourth-order valence-electron chi connectivity index (χ4n) is 5.23. The first-order chi connectivity index (χ1) is 12.6.